The number of hydrogen-bond donors (Lipinski definition) is 0. The summed E-state index contributed by atoms with van der Waals surface area (Å²) in [7, 11) is 2.04. The summed E-state index contributed by atoms with van der Waals surface area (Å²) in [5.74, 6) is 1.17. The quantitative estimate of drug-likeness (QED) is 0.614. The number of hydrogen-bond acceptors (Lipinski definition) is 1. The third kappa shape index (κ3) is 3.54. The fraction of sp³-hybridized carbons (Fsp3) is 0.300. The van der Waals surface area contributed by atoms with E-state index in [0.717, 1.165) is 22.5 Å². The van der Waals surface area contributed by atoms with E-state index in [1.165, 1.54) is 0 Å². The highest BCUT2D eigenvalue weighted by Crippen LogP contribution is 2.19. The lowest BCUT2D eigenvalue weighted by atomic mass is 10.2. The Kier molecular flexibility index (Phi) is 5.85. The van der Waals surface area contributed by atoms with Crippen LogP contribution in [0.5, 0.6) is 0 Å². The molecule has 0 aliphatic heterocycles. The number of carbonyl (C=O) groups is 1. The zero-order valence-corrected chi connectivity index (χ0v) is 15.9. The van der Waals surface area contributed by atoms with Gasteiger partial charge in [0.2, 0.25) is 0 Å². The van der Waals surface area contributed by atoms with E-state index in [4.69, 9.17) is 0 Å². The molecule has 1 heterocycles. The Morgan fingerprint density at radius 1 is 1.08 bits per heavy atom. The molecule has 0 unspecified atom stereocenters. The number of benzene rings is 2. The van der Waals surface area contributed by atoms with E-state index in [2.05, 4.69) is 28.2 Å². The maximum Gasteiger partial charge on any atom is 0.269 e. The second-order valence-corrected chi connectivity index (χ2v) is 6.37. The van der Waals surface area contributed by atoms with Gasteiger partial charge in [-0.25, -0.2) is 9.13 Å². The smallest absolute Gasteiger partial charge is 0.269 e. The molecule has 1 aromatic heterocycles. The highest BCUT2D eigenvalue weighted by molar-refractivity contribution is 5.94. The van der Waals surface area contributed by atoms with E-state index in [9.17, 15) is 4.79 Å². The van der Waals surface area contributed by atoms with Crippen LogP contribution in [0.15, 0.2) is 54.6 Å². The molecular formula is C20H24ClN3O. The molecule has 0 N–H and O–H groups in total. The van der Waals surface area contributed by atoms with Crippen LogP contribution in [0.4, 0.5) is 5.69 Å². The monoisotopic (exact) mass is 357 g/mol. The third-order valence-corrected chi connectivity index (χ3v) is 4.52. The molecule has 132 valence electrons. The lowest BCUT2D eigenvalue weighted by Crippen LogP contribution is -3.00. The molecule has 2 aromatic carbocycles. The molecule has 0 saturated heterocycles. The summed E-state index contributed by atoms with van der Waals surface area (Å²) in [4.78, 5) is 14.9. The minimum Gasteiger partial charge on any atom is -1.00 e. The molecule has 5 heteroatoms. The number of nitrogens with zero attached hydrogens (tertiary/aromatic N) is 3. The zero-order chi connectivity index (χ0) is 17.3. The first-order valence-electron chi connectivity index (χ1n) is 8.31. The van der Waals surface area contributed by atoms with Crippen molar-refractivity contribution in [2.45, 2.75) is 33.4 Å². The molecule has 3 aromatic rings. The maximum atomic E-state index is 13.1. The largest absolute Gasteiger partial charge is 1.00 e. The van der Waals surface area contributed by atoms with Gasteiger partial charge in [0.15, 0.2) is 17.6 Å². The number of aryl methyl sites for hydroxylation is 1. The van der Waals surface area contributed by atoms with Crippen molar-refractivity contribution < 1.29 is 21.8 Å². The van der Waals surface area contributed by atoms with Gasteiger partial charge in [-0.15, -0.1) is 0 Å². The Morgan fingerprint density at radius 3 is 2.32 bits per heavy atom. The first-order valence-corrected chi connectivity index (χ1v) is 8.31. The van der Waals surface area contributed by atoms with Crippen molar-refractivity contribution >= 4 is 22.6 Å². The van der Waals surface area contributed by atoms with Crippen molar-refractivity contribution in [1.82, 2.24) is 4.57 Å². The average molecular weight is 358 g/mol. The van der Waals surface area contributed by atoms with Crippen LogP contribution in [0, 0.1) is 6.92 Å². The molecule has 3 rings (SSSR count). The third-order valence-electron chi connectivity index (χ3n) is 4.52. The van der Waals surface area contributed by atoms with Gasteiger partial charge in [-0.1, -0.05) is 30.3 Å². The lowest BCUT2D eigenvalue weighted by molar-refractivity contribution is -0.652. The highest BCUT2D eigenvalue weighted by Gasteiger charge is 2.25. The van der Waals surface area contributed by atoms with E-state index < -0.39 is 0 Å². The Labute approximate surface area is 155 Å². The van der Waals surface area contributed by atoms with E-state index in [1.54, 1.807) is 0 Å². The number of amides is 1. The predicted molar refractivity (Wildman–Crippen MR) is 96.9 cm³/mol. The molecule has 0 radical (unpaired) electrons. The van der Waals surface area contributed by atoms with E-state index in [-0.39, 0.29) is 24.4 Å². The number of fused-ring (bicyclic) bond motifs is 1. The number of halogens is 1. The Balaban J connectivity index is 0.00000225. The van der Waals surface area contributed by atoms with Gasteiger partial charge in [-0.2, -0.15) is 0 Å². The van der Waals surface area contributed by atoms with Gasteiger partial charge < -0.3 is 17.3 Å². The highest BCUT2D eigenvalue weighted by atomic mass is 35.5. The van der Waals surface area contributed by atoms with Crippen LogP contribution in [-0.4, -0.2) is 16.5 Å². The molecule has 25 heavy (non-hydrogen) atoms. The summed E-state index contributed by atoms with van der Waals surface area (Å²) < 4.78 is 4.22. The Hall–Kier alpha value is -2.33. The first-order chi connectivity index (χ1) is 11.5. The van der Waals surface area contributed by atoms with Crippen molar-refractivity contribution in [2.24, 2.45) is 7.05 Å². The van der Waals surface area contributed by atoms with Gasteiger partial charge in [-0.3, -0.25) is 4.79 Å². The van der Waals surface area contributed by atoms with Crippen LogP contribution in [0.25, 0.3) is 11.0 Å². The number of carbonyl (C=O) groups excluding carboxylic acids is 1. The Morgan fingerprint density at radius 2 is 1.68 bits per heavy atom. The molecule has 0 fully saturated rings. The van der Waals surface area contributed by atoms with Crippen LogP contribution in [0.1, 0.15) is 19.7 Å². The van der Waals surface area contributed by atoms with Gasteiger partial charge in [0.05, 0.1) is 7.05 Å². The molecule has 4 nitrogen and oxygen atoms in total. The van der Waals surface area contributed by atoms with E-state index >= 15 is 0 Å². The van der Waals surface area contributed by atoms with E-state index in [1.807, 2.05) is 68.3 Å². The van der Waals surface area contributed by atoms with Gasteiger partial charge in [0.25, 0.3) is 11.7 Å². The van der Waals surface area contributed by atoms with Crippen molar-refractivity contribution in [3.05, 3.63) is 60.4 Å². The summed E-state index contributed by atoms with van der Waals surface area (Å²) in [6, 6.07) is 18.2. The molecule has 0 aliphatic carbocycles. The van der Waals surface area contributed by atoms with Gasteiger partial charge in [0, 0.05) is 18.7 Å². The number of rotatable bonds is 4. The molecule has 0 saturated carbocycles. The Bertz CT molecular complexity index is 871. The predicted octanol–water partition coefficient (Wildman–Crippen LogP) is 0.220. The van der Waals surface area contributed by atoms with E-state index in [0.29, 0.717) is 6.54 Å². The number of para-hydroxylation sites is 3. The van der Waals surface area contributed by atoms with Crippen molar-refractivity contribution in [3.8, 4) is 0 Å². The van der Waals surface area contributed by atoms with Crippen molar-refractivity contribution in [2.75, 3.05) is 4.90 Å². The summed E-state index contributed by atoms with van der Waals surface area (Å²) in [6.07, 6.45) is 0. The standard InChI is InChI=1S/C20H24N3O.ClH/c1-15(2)23(17-10-6-5-7-11-17)20(24)14-22-16(3)21(4)18-12-8-9-13-19(18)22;/h5-13,15H,14H2,1-4H3;1H/q+1;/p-1. The summed E-state index contributed by atoms with van der Waals surface area (Å²) in [5, 5.41) is 0. The topological polar surface area (TPSA) is 29.1 Å². The molecule has 1 amide bonds. The molecule has 0 bridgehead atoms. The fourth-order valence-electron chi connectivity index (χ4n) is 3.24. The van der Waals surface area contributed by atoms with Crippen LogP contribution in [0.2, 0.25) is 0 Å². The first kappa shape index (κ1) is 19.0. The normalized spacial score (nSPS) is 10.8. The summed E-state index contributed by atoms with van der Waals surface area (Å²) in [5.41, 5.74) is 3.16. The average Bonchev–Trinajstić information content (AvgIpc) is 2.81. The van der Waals surface area contributed by atoms with Crippen LogP contribution >= 0.6 is 0 Å². The SMILES string of the molecule is Cc1n(CC(=O)N(c2ccccc2)C(C)C)c2ccccc2[n+]1C.[Cl-]. The lowest BCUT2D eigenvalue weighted by Gasteiger charge is -2.26. The van der Waals surface area contributed by atoms with Crippen molar-refractivity contribution in [1.29, 1.82) is 0 Å². The van der Waals surface area contributed by atoms with Crippen LogP contribution < -0.4 is 21.9 Å². The van der Waals surface area contributed by atoms with Crippen LogP contribution in [-0.2, 0) is 18.4 Å². The second kappa shape index (κ2) is 7.70. The number of anilines is 1. The molecule has 0 atom stereocenters. The number of imidazole rings is 1. The second-order valence-electron chi connectivity index (χ2n) is 6.37. The van der Waals surface area contributed by atoms with Gasteiger partial charge >= 0.3 is 0 Å². The minimum atomic E-state index is 0. The summed E-state index contributed by atoms with van der Waals surface area (Å²) >= 11 is 0. The van der Waals surface area contributed by atoms with Gasteiger partial charge in [0.1, 0.15) is 0 Å². The zero-order valence-electron chi connectivity index (χ0n) is 15.1. The molecular weight excluding hydrogens is 334 g/mol. The van der Waals surface area contributed by atoms with Crippen molar-refractivity contribution in [3.63, 3.8) is 0 Å². The van der Waals surface area contributed by atoms with Crippen LogP contribution in [0.3, 0.4) is 0 Å². The molecule has 0 aliphatic rings. The minimum absolute atomic E-state index is 0. The fourth-order valence-corrected chi connectivity index (χ4v) is 3.24. The molecule has 0 spiro atoms. The maximum absolute atomic E-state index is 13.1. The van der Waals surface area contributed by atoms with Gasteiger partial charge in [-0.05, 0) is 38.1 Å². The summed E-state index contributed by atoms with van der Waals surface area (Å²) in [6.45, 7) is 6.48. The number of aromatic nitrogens is 2.